The molecular formula is C19H16N4O2S. The molecule has 0 unspecified atom stereocenters. The zero-order valence-corrected chi connectivity index (χ0v) is 14.9. The summed E-state index contributed by atoms with van der Waals surface area (Å²) in [5.41, 5.74) is 2.05. The first-order valence-corrected chi connectivity index (χ1v) is 8.91. The van der Waals surface area contributed by atoms with Gasteiger partial charge in [-0.1, -0.05) is 36.0 Å². The average Bonchev–Trinajstić information content (AvgIpc) is 2.65. The summed E-state index contributed by atoms with van der Waals surface area (Å²) in [6, 6.07) is 16.4. The van der Waals surface area contributed by atoms with Crippen molar-refractivity contribution in [1.29, 1.82) is 5.26 Å². The molecule has 130 valence electrons. The number of para-hydroxylation sites is 1. The molecule has 0 aliphatic carbocycles. The number of hydrogen-bond donors (Lipinski definition) is 1. The maximum Gasteiger partial charge on any atom is 0.261 e. The Morgan fingerprint density at radius 1 is 1.23 bits per heavy atom. The molecule has 0 radical (unpaired) electrons. The highest BCUT2D eigenvalue weighted by Gasteiger charge is 2.11. The summed E-state index contributed by atoms with van der Waals surface area (Å²) in [6.07, 6.45) is 0.339. The van der Waals surface area contributed by atoms with Crippen molar-refractivity contribution in [1.82, 2.24) is 9.55 Å². The number of nitriles is 1. The molecule has 3 aromatic rings. The molecule has 3 rings (SSSR count). The van der Waals surface area contributed by atoms with E-state index in [0.29, 0.717) is 28.2 Å². The van der Waals surface area contributed by atoms with E-state index in [1.807, 2.05) is 6.07 Å². The third kappa shape index (κ3) is 3.92. The van der Waals surface area contributed by atoms with Crippen molar-refractivity contribution in [3.8, 4) is 6.07 Å². The van der Waals surface area contributed by atoms with Crippen molar-refractivity contribution in [3.05, 3.63) is 64.4 Å². The molecule has 0 saturated heterocycles. The molecule has 1 amide bonds. The number of carbonyl (C=O) groups is 1. The van der Waals surface area contributed by atoms with Gasteiger partial charge in [-0.2, -0.15) is 5.26 Å². The van der Waals surface area contributed by atoms with Crippen LogP contribution in [0.15, 0.2) is 58.5 Å². The Balaban J connectivity index is 1.68. The number of nitrogens with one attached hydrogen (secondary N) is 1. The molecule has 6 nitrogen and oxygen atoms in total. The smallest absolute Gasteiger partial charge is 0.261 e. The Labute approximate surface area is 154 Å². The van der Waals surface area contributed by atoms with Crippen LogP contribution >= 0.6 is 11.8 Å². The first-order chi connectivity index (χ1) is 12.6. The van der Waals surface area contributed by atoms with Gasteiger partial charge in [-0.05, 0) is 29.8 Å². The van der Waals surface area contributed by atoms with Crippen molar-refractivity contribution < 1.29 is 4.79 Å². The number of amides is 1. The second-order valence-corrected chi connectivity index (χ2v) is 6.59. The third-order valence-electron chi connectivity index (χ3n) is 3.80. The average molecular weight is 364 g/mol. The molecule has 0 saturated carbocycles. The van der Waals surface area contributed by atoms with Crippen LogP contribution in [-0.2, 0) is 18.3 Å². The van der Waals surface area contributed by atoms with Gasteiger partial charge in [0.1, 0.15) is 0 Å². The van der Waals surface area contributed by atoms with Crippen molar-refractivity contribution in [3.63, 3.8) is 0 Å². The van der Waals surface area contributed by atoms with Crippen LogP contribution in [-0.4, -0.2) is 21.2 Å². The Bertz CT molecular complexity index is 1050. The van der Waals surface area contributed by atoms with E-state index in [1.54, 1.807) is 49.5 Å². The van der Waals surface area contributed by atoms with Crippen molar-refractivity contribution >= 4 is 34.3 Å². The van der Waals surface area contributed by atoms with Gasteiger partial charge in [-0.15, -0.1) is 0 Å². The fourth-order valence-electron chi connectivity index (χ4n) is 2.45. The Kier molecular flexibility index (Phi) is 5.34. The van der Waals surface area contributed by atoms with Crippen LogP contribution in [0, 0.1) is 11.3 Å². The van der Waals surface area contributed by atoms with E-state index in [4.69, 9.17) is 5.26 Å². The van der Waals surface area contributed by atoms with E-state index < -0.39 is 0 Å². The number of thioether (sulfide) groups is 1. The lowest BCUT2D eigenvalue weighted by atomic mass is 10.1. The van der Waals surface area contributed by atoms with E-state index >= 15 is 0 Å². The standard InChI is InChI=1S/C19H16N4O2S/c1-23-18(25)15-4-2-3-5-16(15)22-19(23)26-12-17(24)21-14-8-6-13(7-9-14)10-11-20/h2-9H,10,12H2,1H3,(H,21,24). The van der Waals surface area contributed by atoms with Crippen LogP contribution in [0.1, 0.15) is 5.56 Å². The van der Waals surface area contributed by atoms with Gasteiger partial charge < -0.3 is 5.32 Å². The predicted octanol–water partition coefficient (Wildman–Crippen LogP) is 2.73. The minimum Gasteiger partial charge on any atom is -0.325 e. The molecule has 0 aliphatic heterocycles. The number of fused-ring (bicyclic) bond motifs is 1. The molecule has 1 heterocycles. The molecule has 1 N–H and O–H groups in total. The minimum absolute atomic E-state index is 0.133. The summed E-state index contributed by atoms with van der Waals surface area (Å²) in [5.74, 6) is -0.0519. The first kappa shape index (κ1) is 17.7. The van der Waals surface area contributed by atoms with Crippen molar-refractivity contribution in [2.24, 2.45) is 7.05 Å². The van der Waals surface area contributed by atoms with Crippen LogP contribution in [0.5, 0.6) is 0 Å². The zero-order valence-electron chi connectivity index (χ0n) is 14.1. The first-order valence-electron chi connectivity index (χ1n) is 7.93. The lowest BCUT2D eigenvalue weighted by Crippen LogP contribution is -2.21. The summed E-state index contributed by atoms with van der Waals surface area (Å²) in [7, 11) is 1.65. The molecule has 26 heavy (non-hydrogen) atoms. The molecule has 1 aromatic heterocycles. The number of benzene rings is 2. The van der Waals surface area contributed by atoms with Gasteiger partial charge in [0.05, 0.1) is 29.1 Å². The number of aromatic nitrogens is 2. The van der Waals surface area contributed by atoms with E-state index in [1.165, 1.54) is 16.3 Å². The monoisotopic (exact) mass is 364 g/mol. The van der Waals surface area contributed by atoms with Gasteiger partial charge in [0.2, 0.25) is 5.91 Å². The van der Waals surface area contributed by atoms with Crippen LogP contribution in [0.3, 0.4) is 0 Å². The zero-order chi connectivity index (χ0) is 18.5. The molecule has 0 bridgehead atoms. The number of rotatable bonds is 5. The van der Waals surface area contributed by atoms with Gasteiger partial charge in [0.25, 0.3) is 5.56 Å². The Morgan fingerprint density at radius 2 is 1.96 bits per heavy atom. The lowest BCUT2D eigenvalue weighted by Gasteiger charge is -2.09. The van der Waals surface area contributed by atoms with Crippen LogP contribution in [0.2, 0.25) is 0 Å². The second kappa shape index (κ2) is 7.85. The summed E-state index contributed by atoms with van der Waals surface area (Å²) >= 11 is 1.21. The summed E-state index contributed by atoms with van der Waals surface area (Å²) in [4.78, 5) is 29.0. The second-order valence-electron chi connectivity index (χ2n) is 5.64. The Hall–Kier alpha value is -3.11. The maximum atomic E-state index is 12.4. The van der Waals surface area contributed by atoms with Crippen molar-refractivity contribution in [2.75, 3.05) is 11.1 Å². The maximum absolute atomic E-state index is 12.4. The number of nitrogens with zero attached hydrogens (tertiary/aromatic N) is 3. The van der Waals surface area contributed by atoms with Crippen molar-refractivity contribution in [2.45, 2.75) is 11.6 Å². The molecular weight excluding hydrogens is 348 g/mol. The molecule has 0 fully saturated rings. The molecule has 2 aromatic carbocycles. The SMILES string of the molecule is Cn1c(SCC(=O)Nc2ccc(CC#N)cc2)nc2ccccc2c1=O. The summed E-state index contributed by atoms with van der Waals surface area (Å²) in [6.45, 7) is 0. The molecule has 7 heteroatoms. The number of anilines is 1. The lowest BCUT2D eigenvalue weighted by molar-refractivity contribution is -0.113. The van der Waals surface area contributed by atoms with Crippen LogP contribution < -0.4 is 10.9 Å². The normalized spacial score (nSPS) is 10.5. The van der Waals surface area contributed by atoms with E-state index in [9.17, 15) is 9.59 Å². The third-order valence-corrected chi connectivity index (χ3v) is 4.83. The molecule has 0 atom stereocenters. The van der Waals surface area contributed by atoms with Crippen LogP contribution in [0.25, 0.3) is 10.9 Å². The van der Waals surface area contributed by atoms with E-state index in [0.717, 1.165) is 5.56 Å². The summed E-state index contributed by atoms with van der Waals surface area (Å²) < 4.78 is 1.46. The Morgan fingerprint density at radius 3 is 2.69 bits per heavy atom. The van der Waals surface area contributed by atoms with E-state index in [-0.39, 0.29) is 17.2 Å². The quantitative estimate of drug-likeness (QED) is 0.555. The van der Waals surface area contributed by atoms with E-state index in [2.05, 4.69) is 16.4 Å². The molecule has 0 spiro atoms. The minimum atomic E-state index is -0.189. The summed E-state index contributed by atoms with van der Waals surface area (Å²) in [5, 5.41) is 12.5. The fraction of sp³-hybridized carbons (Fsp3) is 0.158. The van der Waals surface area contributed by atoms with Gasteiger partial charge in [0.15, 0.2) is 5.16 Å². The van der Waals surface area contributed by atoms with Gasteiger partial charge in [-0.25, -0.2) is 4.98 Å². The van der Waals surface area contributed by atoms with Gasteiger partial charge >= 0.3 is 0 Å². The highest BCUT2D eigenvalue weighted by molar-refractivity contribution is 7.99. The topological polar surface area (TPSA) is 87.8 Å². The van der Waals surface area contributed by atoms with Gasteiger partial charge in [0, 0.05) is 12.7 Å². The predicted molar refractivity (Wildman–Crippen MR) is 102 cm³/mol. The van der Waals surface area contributed by atoms with Gasteiger partial charge in [-0.3, -0.25) is 14.2 Å². The largest absolute Gasteiger partial charge is 0.325 e. The highest BCUT2D eigenvalue weighted by atomic mass is 32.2. The van der Waals surface area contributed by atoms with Crippen LogP contribution in [0.4, 0.5) is 5.69 Å². The molecule has 0 aliphatic rings. The highest BCUT2D eigenvalue weighted by Crippen LogP contribution is 2.17. The fourth-order valence-corrected chi connectivity index (χ4v) is 3.22. The number of carbonyl (C=O) groups excluding carboxylic acids is 1. The number of hydrogen-bond acceptors (Lipinski definition) is 5.